The third-order valence-electron chi connectivity index (χ3n) is 5.11. The van der Waals surface area contributed by atoms with Crippen LogP contribution in [0.2, 0.25) is 0 Å². The highest BCUT2D eigenvalue weighted by atomic mass is 32.2. The van der Waals surface area contributed by atoms with Gasteiger partial charge in [0.1, 0.15) is 0 Å². The van der Waals surface area contributed by atoms with Crippen molar-refractivity contribution in [1.29, 1.82) is 0 Å². The van der Waals surface area contributed by atoms with Crippen LogP contribution in [0.25, 0.3) is 0 Å². The van der Waals surface area contributed by atoms with Crippen LogP contribution in [0.5, 0.6) is 0 Å². The van der Waals surface area contributed by atoms with Gasteiger partial charge in [-0.05, 0) is 52.2 Å². The molecule has 1 amide bonds. The van der Waals surface area contributed by atoms with E-state index in [0.29, 0.717) is 38.9 Å². The zero-order valence-electron chi connectivity index (χ0n) is 16.1. The molecule has 1 heterocycles. The van der Waals surface area contributed by atoms with Crippen LogP contribution in [-0.2, 0) is 19.6 Å². The van der Waals surface area contributed by atoms with Gasteiger partial charge in [0, 0.05) is 25.6 Å². The highest BCUT2D eigenvalue weighted by molar-refractivity contribution is 7.89. The number of aryl methyl sites for hydroxylation is 1. The van der Waals surface area contributed by atoms with E-state index >= 15 is 0 Å². The Balaban J connectivity index is 1.86. The molecule has 27 heavy (non-hydrogen) atoms. The lowest BCUT2D eigenvalue weighted by molar-refractivity contribution is -0.147. The number of carbonyl (C=O) groups is 2. The first-order valence-corrected chi connectivity index (χ1v) is 10.6. The summed E-state index contributed by atoms with van der Waals surface area (Å²) < 4.78 is 26.8. The number of nitrogens with one attached hydrogen (secondary N) is 1. The minimum atomic E-state index is -3.54. The van der Waals surface area contributed by atoms with E-state index in [-0.39, 0.29) is 16.7 Å². The van der Waals surface area contributed by atoms with Crippen molar-refractivity contribution in [2.24, 2.45) is 11.3 Å². The minimum Gasteiger partial charge on any atom is -0.481 e. The molecule has 0 atom stereocenters. The molecule has 1 aliphatic rings. The minimum absolute atomic E-state index is 0.136. The molecule has 7 nitrogen and oxygen atoms in total. The summed E-state index contributed by atoms with van der Waals surface area (Å²) in [6, 6.07) is 6.75. The molecule has 1 saturated heterocycles. The molecule has 1 fully saturated rings. The molecule has 2 rings (SSSR count). The van der Waals surface area contributed by atoms with E-state index in [0.717, 1.165) is 5.56 Å². The second-order valence-corrected chi connectivity index (χ2v) is 9.66. The topological polar surface area (TPSA) is 104 Å². The van der Waals surface area contributed by atoms with Crippen molar-refractivity contribution >= 4 is 21.9 Å². The number of benzene rings is 1. The summed E-state index contributed by atoms with van der Waals surface area (Å²) >= 11 is 0. The predicted octanol–water partition coefficient (Wildman–Crippen LogP) is 2.01. The van der Waals surface area contributed by atoms with Gasteiger partial charge in [-0.2, -0.15) is 4.31 Å². The van der Waals surface area contributed by atoms with E-state index in [1.54, 1.807) is 38.1 Å². The van der Waals surface area contributed by atoms with Gasteiger partial charge in [0.2, 0.25) is 15.9 Å². The number of rotatable bonds is 7. The maximum absolute atomic E-state index is 12.7. The Morgan fingerprint density at radius 3 is 2.26 bits per heavy atom. The maximum atomic E-state index is 12.7. The largest absolute Gasteiger partial charge is 0.481 e. The Kier molecular flexibility index (Phi) is 6.64. The Labute approximate surface area is 160 Å². The normalized spacial score (nSPS) is 16.9. The maximum Gasteiger partial charge on any atom is 0.309 e. The molecule has 8 heteroatoms. The number of piperidine rings is 1. The molecular weight excluding hydrogens is 368 g/mol. The number of hydrogen-bond acceptors (Lipinski definition) is 4. The number of carbonyl (C=O) groups excluding carboxylic acids is 1. The van der Waals surface area contributed by atoms with Crippen molar-refractivity contribution in [3.63, 3.8) is 0 Å². The summed E-state index contributed by atoms with van der Waals surface area (Å²) in [6.45, 7) is 6.04. The van der Waals surface area contributed by atoms with Gasteiger partial charge in [-0.15, -0.1) is 0 Å². The molecule has 2 N–H and O–H groups in total. The molecule has 0 aliphatic carbocycles. The van der Waals surface area contributed by atoms with Crippen LogP contribution in [0.15, 0.2) is 29.2 Å². The van der Waals surface area contributed by atoms with Crippen molar-refractivity contribution in [3.05, 3.63) is 29.8 Å². The number of carboxylic acids is 1. The van der Waals surface area contributed by atoms with E-state index in [1.807, 2.05) is 6.92 Å². The molecule has 150 valence electrons. The first-order valence-electron chi connectivity index (χ1n) is 9.12. The van der Waals surface area contributed by atoms with Gasteiger partial charge in [0.25, 0.3) is 0 Å². The molecule has 0 aromatic heterocycles. The second-order valence-electron chi connectivity index (χ2n) is 7.72. The molecule has 0 unspecified atom stereocenters. The van der Waals surface area contributed by atoms with E-state index in [1.165, 1.54) is 4.31 Å². The third-order valence-corrected chi connectivity index (χ3v) is 7.02. The average molecular weight is 397 g/mol. The number of hydrogen-bond donors (Lipinski definition) is 2. The summed E-state index contributed by atoms with van der Waals surface area (Å²) in [6.07, 6.45) is 1.26. The molecule has 1 aliphatic heterocycles. The van der Waals surface area contributed by atoms with Crippen molar-refractivity contribution in [1.82, 2.24) is 9.62 Å². The number of aliphatic carboxylic acids is 1. The fraction of sp³-hybridized carbons (Fsp3) is 0.579. The Morgan fingerprint density at radius 2 is 1.74 bits per heavy atom. The van der Waals surface area contributed by atoms with Crippen LogP contribution < -0.4 is 5.32 Å². The smallest absolute Gasteiger partial charge is 0.309 e. The number of sulfonamides is 1. The lowest BCUT2D eigenvalue weighted by atomic mass is 9.89. The lowest BCUT2D eigenvalue weighted by Gasteiger charge is -2.30. The third kappa shape index (κ3) is 5.29. The molecular formula is C19H28N2O5S. The van der Waals surface area contributed by atoms with E-state index in [2.05, 4.69) is 5.32 Å². The Hall–Kier alpha value is -1.93. The van der Waals surface area contributed by atoms with Gasteiger partial charge in [-0.3, -0.25) is 9.59 Å². The summed E-state index contributed by atoms with van der Waals surface area (Å²) in [5, 5.41) is 11.9. The number of nitrogens with zero attached hydrogens (tertiary/aromatic N) is 1. The number of amides is 1. The zero-order valence-corrected chi connectivity index (χ0v) is 16.9. The predicted molar refractivity (Wildman–Crippen MR) is 102 cm³/mol. The van der Waals surface area contributed by atoms with Gasteiger partial charge in [0.15, 0.2) is 0 Å². The van der Waals surface area contributed by atoms with E-state index in [9.17, 15) is 18.0 Å². The molecule has 0 bridgehead atoms. The standard InChI is InChI=1S/C19H28N2O5S/c1-14-4-6-16(7-5-14)27(25,26)21-12-8-15(9-13-21)17(22)20-11-10-19(2,3)18(23)24/h4-7,15H,8-13H2,1-3H3,(H,20,22)(H,23,24). The molecule has 1 aromatic rings. The van der Waals surface area contributed by atoms with Crippen molar-refractivity contribution in [3.8, 4) is 0 Å². The zero-order chi connectivity index (χ0) is 20.2. The molecule has 0 radical (unpaired) electrons. The first-order chi connectivity index (χ1) is 12.5. The summed E-state index contributed by atoms with van der Waals surface area (Å²) in [5.41, 5.74) is 0.106. The Bertz CT molecular complexity index is 779. The first kappa shape index (κ1) is 21.4. The van der Waals surface area contributed by atoms with Crippen LogP contribution in [0, 0.1) is 18.3 Å². The van der Waals surface area contributed by atoms with Crippen molar-refractivity contribution in [2.75, 3.05) is 19.6 Å². The highest BCUT2D eigenvalue weighted by Crippen LogP contribution is 2.24. The van der Waals surface area contributed by atoms with E-state index in [4.69, 9.17) is 5.11 Å². The van der Waals surface area contributed by atoms with Crippen molar-refractivity contribution < 1.29 is 23.1 Å². The van der Waals surface area contributed by atoms with Crippen LogP contribution in [0.4, 0.5) is 0 Å². The van der Waals surface area contributed by atoms with Gasteiger partial charge in [-0.25, -0.2) is 8.42 Å². The van der Waals surface area contributed by atoms with Crippen molar-refractivity contribution in [2.45, 2.75) is 44.9 Å². The average Bonchev–Trinajstić information content (AvgIpc) is 2.62. The molecule has 1 aromatic carbocycles. The van der Waals surface area contributed by atoms with Crippen LogP contribution in [0.1, 0.15) is 38.7 Å². The van der Waals surface area contributed by atoms with E-state index < -0.39 is 21.4 Å². The van der Waals surface area contributed by atoms with Crippen LogP contribution >= 0.6 is 0 Å². The van der Waals surface area contributed by atoms with Crippen LogP contribution in [-0.4, -0.2) is 49.3 Å². The fourth-order valence-electron chi connectivity index (χ4n) is 2.97. The van der Waals surface area contributed by atoms with Gasteiger partial charge in [-0.1, -0.05) is 17.7 Å². The number of carboxylic acid groups (broad SMARTS) is 1. The Morgan fingerprint density at radius 1 is 1.19 bits per heavy atom. The summed E-state index contributed by atoms with van der Waals surface area (Å²) in [7, 11) is -3.54. The van der Waals surface area contributed by atoms with Gasteiger partial charge >= 0.3 is 5.97 Å². The fourth-order valence-corrected chi connectivity index (χ4v) is 4.44. The quantitative estimate of drug-likeness (QED) is 0.734. The van der Waals surface area contributed by atoms with Gasteiger partial charge in [0.05, 0.1) is 10.3 Å². The summed E-state index contributed by atoms with van der Waals surface area (Å²) in [4.78, 5) is 23.7. The summed E-state index contributed by atoms with van der Waals surface area (Å²) in [5.74, 6) is -1.28. The SMILES string of the molecule is Cc1ccc(S(=O)(=O)N2CCC(C(=O)NCCC(C)(C)C(=O)O)CC2)cc1. The van der Waals surface area contributed by atoms with Crippen LogP contribution in [0.3, 0.4) is 0 Å². The molecule has 0 saturated carbocycles. The highest BCUT2D eigenvalue weighted by Gasteiger charge is 2.32. The van der Waals surface area contributed by atoms with Gasteiger partial charge < -0.3 is 10.4 Å². The second kappa shape index (κ2) is 8.39. The lowest BCUT2D eigenvalue weighted by Crippen LogP contribution is -2.43. The molecule has 0 spiro atoms. The monoisotopic (exact) mass is 396 g/mol.